The van der Waals surface area contributed by atoms with E-state index in [0.717, 1.165) is 0 Å². The molecule has 1 unspecified atom stereocenters. The maximum atomic E-state index is 10.0. The summed E-state index contributed by atoms with van der Waals surface area (Å²) >= 11 is 0. The molecule has 0 bridgehead atoms. The summed E-state index contributed by atoms with van der Waals surface area (Å²) in [4.78, 5) is 9.61. The van der Waals surface area contributed by atoms with Gasteiger partial charge in [0.25, 0.3) is 6.17 Å². The molecule has 0 amide bonds. The van der Waals surface area contributed by atoms with E-state index in [1.54, 1.807) is 0 Å². The van der Waals surface area contributed by atoms with Crippen molar-refractivity contribution in [2.45, 2.75) is 6.17 Å². The Morgan fingerprint density at radius 3 is 3.00 bits per heavy atom. The normalized spacial score (nSPS) is 27.8. The molecule has 0 saturated carbocycles. The molecule has 1 saturated heterocycles. The first-order valence-electron chi connectivity index (χ1n) is 2.61. The Balaban J connectivity index is 2.31. The van der Waals surface area contributed by atoms with Crippen LogP contribution < -0.4 is 5.32 Å². The molecule has 5 nitrogen and oxygen atoms in total. The van der Waals surface area contributed by atoms with Gasteiger partial charge in [0.15, 0.2) is 0 Å². The number of rotatable bonds is 1. The van der Waals surface area contributed by atoms with Crippen molar-refractivity contribution in [2.24, 2.45) is 0 Å². The first kappa shape index (κ1) is 6.44. The highest BCUT2D eigenvalue weighted by Gasteiger charge is 2.22. The van der Waals surface area contributed by atoms with Gasteiger partial charge in [0.1, 0.15) is 6.61 Å². The van der Waals surface area contributed by atoms with Crippen LogP contribution >= 0.6 is 0 Å². The van der Waals surface area contributed by atoms with Crippen LogP contribution in [0.25, 0.3) is 0 Å². The van der Waals surface area contributed by atoms with Gasteiger partial charge in [-0.2, -0.15) is 0 Å². The molecule has 0 aromatic heterocycles. The van der Waals surface area contributed by atoms with E-state index in [1.165, 1.54) is 6.61 Å². The third-order valence-electron chi connectivity index (χ3n) is 1.06. The summed E-state index contributed by atoms with van der Waals surface area (Å²) < 4.78 is 4.71. The van der Waals surface area contributed by atoms with E-state index in [9.17, 15) is 10.1 Å². The van der Waals surface area contributed by atoms with E-state index < -0.39 is 11.1 Å². The van der Waals surface area contributed by atoms with Crippen LogP contribution in [-0.4, -0.2) is 24.2 Å². The van der Waals surface area contributed by atoms with Crippen LogP contribution in [0.15, 0.2) is 0 Å². The van der Waals surface area contributed by atoms with Crippen molar-refractivity contribution in [3.05, 3.63) is 16.7 Å². The lowest BCUT2D eigenvalue weighted by molar-refractivity contribution is -0.535. The van der Waals surface area contributed by atoms with Crippen molar-refractivity contribution in [1.29, 1.82) is 0 Å². The summed E-state index contributed by atoms with van der Waals surface area (Å²) in [5.41, 5.74) is 0. The molecule has 0 aromatic rings. The summed E-state index contributed by atoms with van der Waals surface area (Å²) in [5.74, 6) is 0. The minimum absolute atomic E-state index is 0.132. The highest BCUT2D eigenvalue weighted by molar-refractivity contribution is 4.66. The fraction of sp³-hybridized carbons (Fsp3) is 0.750. The van der Waals surface area contributed by atoms with Gasteiger partial charge in [-0.15, -0.1) is 0 Å². The van der Waals surface area contributed by atoms with Crippen LogP contribution in [0.5, 0.6) is 0 Å². The largest absolute Gasteiger partial charge is 0.365 e. The number of ether oxygens (including phenoxy) is 1. The fourth-order valence-electron chi connectivity index (χ4n) is 0.597. The van der Waals surface area contributed by atoms with Crippen molar-refractivity contribution in [3.8, 4) is 0 Å². The second-order valence-corrected chi connectivity index (χ2v) is 1.71. The zero-order chi connectivity index (χ0) is 6.69. The van der Waals surface area contributed by atoms with Crippen molar-refractivity contribution in [2.75, 3.05) is 13.2 Å². The molecule has 1 radical (unpaired) electrons. The van der Waals surface area contributed by atoms with E-state index in [1.807, 2.05) is 0 Å². The summed E-state index contributed by atoms with van der Waals surface area (Å²) in [6.45, 7) is 2.10. The van der Waals surface area contributed by atoms with E-state index in [-0.39, 0.29) is 6.61 Å². The van der Waals surface area contributed by atoms with Crippen LogP contribution in [0.3, 0.4) is 0 Å². The molecule has 0 aromatic carbocycles. The molecule has 1 rings (SSSR count). The van der Waals surface area contributed by atoms with Gasteiger partial charge in [-0.25, -0.2) is 5.32 Å². The Hall–Kier alpha value is -0.680. The molecule has 1 N–H and O–H groups in total. The second-order valence-electron chi connectivity index (χ2n) is 1.71. The van der Waals surface area contributed by atoms with Crippen LogP contribution in [0.2, 0.25) is 0 Å². The quantitative estimate of drug-likeness (QED) is 0.380. The minimum atomic E-state index is -0.727. The van der Waals surface area contributed by atoms with E-state index in [2.05, 4.69) is 5.32 Å². The number of nitro groups is 1. The van der Waals surface area contributed by atoms with E-state index in [4.69, 9.17) is 4.74 Å². The smallest absolute Gasteiger partial charge is 0.289 e. The molecule has 51 valence electrons. The molecule has 0 spiro atoms. The molecule has 1 heterocycles. The summed E-state index contributed by atoms with van der Waals surface area (Å²) in [6.07, 6.45) is -0.727. The first-order valence-corrected chi connectivity index (χ1v) is 2.61. The maximum absolute atomic E-state index is 10.0. The molecular formula is C4H7N2O3. The highest BCUT2D eigenvalue weighted by Crippen LogP contribution is 1.95. The van der Waals surface area contributed by atoms with E-state index in [0.29, 0.717) is 6.54 Å². The zero-order valence-electron chi connectivity index (χ0n) is 4.74. The lowest BCUT2D eigenvalue weighted by atomic mass is 10.4. The Labute approximate surface area is 52.1 Å². The standard InChI is InChI=1S/C4H7N2O3/c7-6(8)4-3-9-2-1-5-4/h2,4-5H,1,3H2. The van der Waals surface area contributed by atoms with Crippen molar-refractivity contribution < 1.29 is 9.66 Å². The van der Waals surface area contributed by atoms with Crippen molar-refractivity contribution in [1.82, 2.24) is 5.32 Å². The van der Waals surface area contributed by atoms with Crippen LogP contribution in [0.4, 0.5) is 0 Å². The lowest BCUT2D eigenvalue weighted by Crippen LogP contribution is -2.44. The second kappa shape index (κ2) is 2.75. The third kappa shape index (κ3) is 1.62. The Kier molecular flexibility index (Phi) is 1.96. The summed E-state index contributed by atoms with van der Waals surface area (Å²) in [5, 5.41) is 12.6. The molecule has 5 heteroatoms. The Morgan fingerprint density at radius 1 is 1.89 bits per heavy atom. The summed E-state index contributed by atoms with van der Waals surface area (Å²) in [6, 6.07) is 0. The van der Waals surface area contributed by atoms with Crippen molar-refractivity contribution >= 4 is 0 Å². The van der Waals surface area contributed by atoms with Gasteiger partial charge in [-0.1, -0.05) is 0 Å². The number of morpholine rings is 1. The highest BCUT2D eigenvalue weighted by atomic mass is 16.6. The average molecular weight is 131 g/mol. The Bertz CT molecular complexity index is 110. The number of nitrogens with zero attached hydrogens (tertiary/aromatic N) is 1. The lowest BCUT2D eigenvalue weighted by Gasteiger charge is -2.15. The van der Waals surface area contributed by atoms with Gasteiger partial charge >= 0.3 is 0 Å². The predicted octanol–water partition coefficient (Wildman–Crippen LogP) is -0.629. The van der Waals surface area contributed by atoms with Crippen LogP contribution in [-0.2, 0) is 4.74 Å². The maximum Gasteiger partial charge on any atom is 0.289 e. The topological polar surface area (TPSA) is 64.4 Å². The number of nitrogens with one attached hydrogen (secondary N) is 1. The summed E-state index contributed by atoms with van der Waals surface area (Å²) in [7, 11) is 0. The molecule has 1 atom stereocenters. The molecule has 0 aliphatic carbocycles. The molecule has 1 aliphatic heterocycles. The van der Waals surface area contributed by atoms with Gasteiger partial charge < -0.3 is 4.74 Å². The minimum Gasteiger partial charge on any atom is -0.365 e. The van der Waals surface area contributed by atoms with Gasteiger partial charge in [-0.3, -0.25) is 10.1 Å². The van der Waals surface area contributed by atoms with Crippen LogP contribution in [0, 0.1) is 16.7 Å². The first-order chi connectivity index (χ1) is 4.30. The molecule has 9 heavy (non-hydrogen) atoms. The Morgan fingerprint density at radius 2 is 2.67 bits per heavy atom. The van der Waals surface area contributed by atoms with Crippen LogP contribution in [0.1, 0.15) is 0 Å². The molecule has 1 fully saturated rings. The predicted molar refractivity (Wildman–Crippen MR) is 29.0 cm³/mol. The van der Waals surface area contributed by atoms with E-state index >= 15 is 0 Å². The number of hydrogen-bond donors (Lipinski definition) is 1. The fourth-order valence-corrected chi connectivity index (χ4v) is 0.597. The van der Waals surface area contributed by atoms with Crippen molar-refractivity contribution in [3.63, 3.8) is 0 Å². The molecule has 1 aliphatic rings. The zero-order valence-corrected chi connectivity index (χ0v) is 4.74. The number of hydrogen-bond acceptors (Lipinski definition) is 4. The van der Waals surface area contributed by atoms with Gasteiger partial charge in [0, 0.05) is 11.5 Å². The molecular weight excluding hydrogens is 124 g/mol. The average Bonchev–Trinajstić information content (AvgIpc) is 1.90. The van der Waals surface area contributed by atoms with Gasteiger partial charge in [0.2, 0.25) is 0 Å². The van der Waals surface area contributed by atoms with Gasteiger partial charge in [-0.05, 0) is 0 Å². The monoisotopic (exact) mass is 131 g/mol. The van der Waals surface area contributed by atoms with Gasteiger partial charge in [0.05, 0.1) is 6.61 Å². The SMILES string of the molecule is O=[N+]([O-])C1CO[CH]CN1. The third-order valence-corrected chi connectivity index (χ3v) is 1.06.